The van der Waals surface area contributed by atoms with Crippen LogP contribution in [0.4, 0.5) is 11.4 Å². The molecule has 10 nitrogen and oxygen atoms in total. The van der Waals surface area contributed by atoms with Gasteiger partial charge in [-0.05, 0) is 83.5 Å². The van der Waals surface area contributed by atoms with Crippen LogP contribution in [0.15, 0.2) is 66.7 Å². The zero-order valence-corrected chi connectivity index (χ0v) is 27.3. The predicted octanol–water partition coefficient (Wildman–Crippen LogP) is 5.99. The van der Waals surface area contributed by atoms with E-state index in [4.69, 9.17) is 18.9 Å². The molecule has 3 N–H and O–H groups in total. The summed E-state index contributed by atoms with van der Waals surface area (Å²) < 4.78 is 23.3. The molecular weight excluding hydrogens is 588 g/mol. The molecule has 2 amide bonds. The average molecular weight is 633 g/mol. The van der Waals surface area contributed by atoms with Crippen LogP contribution in [0.25, 0.3) is 0 Å². The van der Waals surface area contributed by atoms with E-state index in [1.165, 1.54) is 6.92 Å². The summed E-state index contributed by atoms with van der Waals surface area (Å²) in [7, 11) is 0. The van der Waals surface area contributed by atoms with Crippen molar-refractivity contribution in [1.82, 2.24) is 0 Å². The van der Waals surface area contributed by atoms with Gasteiger partial charge in [0.1, 0.15) is 23.2 Å². The molecule has 0 aliphatic heterocycles. The van der Waals surface area contributed by atoms with E-state index < -0.39 is 47.4 Å². The Morgan fingerprint density at radius 3 is 1.87 bits per heavy atom. The Morgan fingerprint density at radius 1 is 0.804 bits per heavy atom. The van der Waals surface area contributed by atoms with Crippen LogP contribution in [-0.2, 0) is 14.4 Å². The average Bonchev–Trinajstić information content (AvgIpc) is 2.99. The van der Waals surface area contributed by atoms with Crippen molar-refractivity contribution in [2.45, 2.75) is 65.6 Å². The minimum atomic E-state index is -1.80. The molecule has 4 rings (SSSR count). The number of amides is 2. The van der Waals surface area contributed by atoms with Gasteiger partial charge in [0.15, 0.2) is 11.5 Å². The molecule has 1 saturated carbocycles. The molecule has 1 fully saturated rings. The van der Waals surface area contributed by atoms with Crippen molar-refractivity contribution in [1.29, 1.82) is 0 Å². The molecule has 0 spiro atoms. The van der Waals surface area contributed by atoms with Gasteiger partial charge in [-0.15, -0.1) is 0 Å². The maximum Gasteiger partial charge on any atom is 0.235 e. The quantitative estimate of drug-likeness (QED) is 0.196. The van der Waals surface area contributed by atoms with Gasteiger partial charge >= 0.3 is 0 Å². The Kier molecular flexibility index (Phi) is 11.3. The Morgan fingerprint density at radius 2 is 1.33 bits per heavy atom. The Bertz CT molecular complexity index is 1540. The lowest BCUT2D eigenvalue weighted by molar-refractivity contribution is -0.150. The molecule has 3 aromatic rings. The normalized spacial score (nSPS) is 21.0. The van der Waals surface area contributed by atoms with Gasteiger partial charge in [0.2, 0.25) is 11.8 Å². The molecule has 10 heteroatoms. The molecule has 3 aromatic carbocycles. The lowest BCUT2D eigenvalue weighted by Crippen LogP contribution is -2.56. The highest BCUT2D eigenvalue weighted by Crippen LogP contribution is 2.48. The molecule has 1 aliphatic rings. The van der Waals surface area contributed by atoms with Crippen LogP contribution in [0.2, 0.25) is 0 Å². The second kappa shape index (κ2) is 15.1. The lowest BCUT2D eigenvalue weighted by atomic mass is 9.61. The maximum absolute atomic E-state index is 14.3. The summed E-state index contributed by atoms with van der Waals surface area (Å²) in [4.78, 5) is 42.3. The topological polar surface area (TPSA) is 132 Å². The number of carbonyl (C=O) groups excluding carboxylic acids is 3. The summed E-state index contributed by atoms with van der Waals surface area (Å²) in [6.07, 6.45) is -0.554. The summed E-state index contributed by atoms with van der Waals surface area (Å²) in [5.41, 5.74) is -0.543. The zero-order chi connectivity index (χ0) is 33.4. The number of aliphatic hydroxyl groups is 1. The van der Waals surface area contributed by atoms with Crippen LogP contribution in [0.1, 0.15) is 59.4 Å². The highest BCUT2D eigenvalue weighted by atomic mass is 16.5. The summed E-state index contributed by atoms with van der Waals surface area (Å²) in [6, 6.07) is 19.0. The fourth-order valence-corrected chi connectivity index (χ4v) is 5.97. The van der Waals surface area contributed by atoms with Crippen LogP contribution in [0, 0.1) is 11.8 Å². The number of nitrogens with one attached hydrogen (secondary N) is 2. The van der Waals surface area contributed by atoms with E-state index in [1.54, 1.807) is 66.7 Å². The molecule has 1 aliphatic carbocycles. The number of benzene rings is 3. The van der Waals surface area contributed by atoms with Crippen molar-refractivity contribution in [3.63, 3.8) is 0 Å². The summed E-state index contributed by atoms with van der Waals surface area (Å²) in [5.74, 6) is -3.56. The molecule has 46 heavy (non-hydrogen) atoms. The van der Waals surface area contributed by atoms with E-state index in [2.05, 4.69) is 10.6 Å². The van der Waals surface area contributed by atoms with Crippen molar-refractivity contribution in [3.8, 4) is 23.0 Å². The molecule has 0 bridgehead atoms. The van der Waals surface area contributed by atoms with E-state index in [0.29, 0.717) is 59.8 Å². The molecule has 0 heterocycles. The first-order valence-electron chi connectivity index (χ1n) is 15.7. The number of hydrogen-bond donors (Lipinski definition) is 3. The monoisotopic (exact) mass is 632 g/mol. The third-order valence-corrected chi connectivity index (χ3v) is 7.74. The third-order valence-electron chi connectivity index (χ3n) is 7.74. The van der Waals surface area contributed by atoms with E-state index in [9.17, 15) is 19.5 Å². The molecule has 246 valence electrons. The zero-order valence-electron chi connectivity index (χ0n) is 27.3. The second-order valence-electron chi connectivity index (χ2n) is 11.6. The maximum atomic E-state index is 14.3. The van der Waals surface area contributed by atoms with Crippen molar-refractivity contribution in [2.24, 2.45) is 11.8 Å². The van der Waals surface area contributed by atoms with Gasteiger partial charge in [0, 0.05) is 12.3 Å². The van der Waals surface area contributed by atoms with Gasteiger partial charge in [-0.2, -0.15) is 0 Å². The fraction of sp³-hybridized carbons (Fsp3) is 0.417. The smallest absolute Gasteiger partial charge is 0.235 e. The first kappa shape index (κ1) is 34.3. The van der Waals surface area contributed by atoms with Crippen molar-refractivity contribution in [3.05, 3.63) is 72.3 Å². The minimum Gasteiger partial charge on any atom is -0.492 e. The Hall–Kier alpha value is -4.57. The number of ketones is 1. The van der Waals surface area contributed by atoms with E-state index >= 15 is 0 Å². The molecule has 4 unspecified atom stereocenters. The van der Waals surface area contributed by atoms with Gasteiger partial charge in [0.05, 0.1) is 48.8 Å². The van der Waals surface area contributed by atoms with Crippen LogP contribution in [0.5, 0.6) is 23.0 Å². The van der Waals surface area contributed by atoms with Crippen LogP contribution in [0.3, 0.4) is 0 Å². The molecule has 4 atom stereocenters. The van der Waals surface area contributed by atoms with Gasteiger partial charge in [-0.25, -0.2) is 0 Å². The van der Waals surface area contributed by atoms with Gasteiger partial charge < -0.3 is 34.7 Å². The summed E-state index contributed by atoms with van der Waals surface area (Å²) in [6.45, 7) is 11.8. The summed E-state index contributed by atoms with van der Waals surface area (Å²) >= 11 is 0. The number of carbonyl (C=O) groups is 3. The van der Waals surface area contributed by atoms with Gasteiger partial charge in [0.25, 0.3) is 0 Å². The lowest BCUT2D eigenvalue weighted by Gasteiger charge is -2.44. The van der Waals surface area contributed by atoms with Crippen molar-refractivity contribution in [2.75, 3.05) is 30.5 Å². The molecule has 0 aromatic heterocycles. The SMILES string of the molecule is CCOc1ccccc1NC(=O)C1C(=O)CC(C)(O)C(C(=O)Nc2ccccc2OCC)C1c1ccc(OC(C)C)c(OCC)c1. The third kappa shape index (κ3) is 7.80. The van der Waals surface area contributed by atoms with Crippen molar-refractivity contribution < 1.29 is 38.4 Å². The second-order valence-corrected chi connectivity index (χ2v) is 11.6. The van der Waals surface area contributed by atoms with E-state index in [0.717, 1.165) is 0 Å². The van der Waals surface area contributed by atoms with Crippen LogP contribution in [-0.4, -0.2) is 54.2 Å². The number of ether oxygens (including phenoxy) is 4. The Balaban J connectivity index is 1.85. The number of Topliss-reactive ketones (excluding diaryl/α,β-unsaturated/α-hetero) is 1. The van der Waals surface area contributed by atoms with Gasteiger partial charge in [-0.3, -0.25) is 14.4 Å². The van der Waals surface area contributed by atoms with E-state index in [-0.39, 0.29) is 6.10 Å². The highest BCUT2D eigenvalue weighted by molar-refractivity contribution is 6.11. The van der Waals surface area contributed by atoms with E-state index in [1.807, 2.05) is 34.6 Å². The van der Waals surface area contributed by atoms with Gasteiger partial charge in [-0.1, -0.05) is 30.3 Å². The Labute approximate surface area is 270 Å². The van der Waals surface area contributed by atoms with Crippen LogP contribution < -0.4 is 29.6 Å². The number of anilines is 2. The molecule has 0 radical (unpaired) electrons. The first-order valence-corrected chi connectivity index (χ1v) is 15.7. The molecular formula is C36H44N2O8. The highest BCUT2D eigenvalue weighted by Gasteiger charge is 2.56. The predicted molar refractivity (Wildman–Crippen MR) is 176 cm³/mol. The summed E-state index contributed by atoms with van der Waals surface area (Å²) in [5, 5.41) is 17.6. The van der Waals surface area contributed by atoms with Crippen molar-refractivity contribution >= 4 is 29.0 Å². The number of rotatable bonds is 13. The number of hydrogen-bond acceptors (Lipinski definition) is 8. The largest absolute Gasteiger partial charge is 0.492 e. The fourth-order valence-electron chi connectivity index (χ4n) is 5.97. The molecule has 0 saturated heterocycles. The number of para-hydroxylation sites is 4. The standard InChI is InChI=1S/C36H44N2O8/c1-7-43-27-16-12-10-14-24(27)37-34(40)32-26(39)21-36(6,42)33(35(41)38-25-15-11-13-17-28(25)44-8-2)31(32)23-18-19-29(46-22(4)5)30(20-23)45-9-3/h10-20,22,31-33,42H,7-9,21H2,1-6H3,(H,37,40)(H,38,41). The van der Waals surface area contributed by atoms with Crippen LogP contribution >= 0.6 is 0 Å². The minimum absolute atomic E-state index is 0.144. The first-order chi connectivity index (χ1) is 22.0.